The largest absolute Gasteiger partial charge is 0.303 e. The minimum absolute atomic E-state index is 0.461. The molecule has 0 saturated heterocycles. The Morgan fingerprint density at radius 1 is 0.679 bits per heavy atom. The van der Waals surface area contributed by atoms with Crippen LogP contribution in [0.2, 0.25) is 0 Å². The molecule has 0 amide bonds. The van der Waals surface area contributed by atoms with E-state index in [-0.39, 0.29) is 0 Å². The minimum atomic E-state index is 0.461. The second kappa shape index (κ2) is 16.7. The molecule has 0 aliphatic heterocycles. The van der Waals surface area contributed by atoms with Gasteiger partial charge < -0.3 is 4.90 Å². The molecule has 0 aromatic carbocycles. The van der Waals surface area contributed by atoms with Crippen molar-refractivity contribution in [3.05, 3.63) is 0 Å². The standard InChI is InChI=1S/C27H57N/c1-9-13-15-18-26(16-11-3)23-28(22-25(12-4)17-14-10-2)20-19-24(5)21-27(6,7)8/h24-26H,9-23H2,1-8H3. The van der Waals surface area contributed by atoms with Gasteiger partial charge in [0.2, 0.25) is 0 Å². The number of unbranched alkanes of at least 4 members (excludes halogenated alkanes) is 3. The summed E-state index contributed by atoms with van der Waals surface area (Å²) < 4.78 is 0. The molecule has 0 radical (unpaired) electrons. The van der Waals surface area contributed by atoms with Crippen molar-refractivity contribution in [2.45, 2.75) is 132 Å². The summed E-state index contributed by atoms with van der Waals surface area (Å²) in [7, 11) is 0. The Hall–Kier alpha value is -0.0400. The summed E-state index contributed by atoms with van der Waals surface area (Å²) in [6, 6.07) is 0. The van der Waals surface area contributed by atoms with Crippen molar-refractivity contribution in [1.29, 1.82) is 0 Å². The molecule has 0 aromatic heterocycles. The SMILES string of the molecule is CCCCCC(CCC)CN(CCC(C)CC(C)(C)C)CC(CC)CCCC. The van der Waals surface area contributed by atoms with Crippen molar-refractivity contribution in [2.24, 2.45) is 23.2 Å². The van der Waals surface area contributed by atoms with Crippen LogP contribution in [-0.2, 0) is 0 Å². The number of hydrogen-bond donors (Lipinski definition) is 0. The molecule has 0 spiro atoms. The summed E-state index contributed by atoms with van der Waals surface area (Å²) in [6.07, 6.45) is 16.6. The van der Waals surface area contributed by atoms with E-state index in [1.807, 2.05) is 0 Å². The second-order valence-electron chi connectivity index (χ2n) is 11.0. The molecule has 170 valence electrons. The molecule has 28 heavy (non-hydrogen) atoms. The maximum Gasteiger partial charge on any atom is 0.000977 e. The summed E-state index contributed by atoms with van der Waals surface area (Å²) in [6.45, 7) is 23.1. The van der Waals surface area contributed by atoms with Crippen LogP contribution < -0.4 is 0 Å². The highest BCUT2D eigenvalue weighted by molar-refractivity contribution is 4.73. The number of rotatable bonds is 18. The molecular formula is C27H57N. The average molecular weight is 396 g/mol. The first-order chi connectivity index (χ1) is 13.3. The molecule has 1 nitrogen and oxygen atoms in total. The van der Waals surface area contributed by atoms with Gasteiger partial charge in [0.25, 0.3) is 0 Å². The Labute approximate surface area is 180 Å². The van der Waals surface area contributed by atoms with E-state index >= 15 is 0 Å². The maximum atomic E-state index is 2.88. The first-order valence-electron chi connectivity index (χ1n) is 13.0. The van der Waals surface area contributed by atoms with Crippen molar-refractivity contribution >= 4 is 0 Å². The molecule has 0 saturated carbocycles. The minimum Gasteiger partial charge on any atom is -0.303 e. The van der Waals surface area contributed by atoms with Crippen molar-refractivity contribution in [1.82, 2.24) is 4.90 Å². The summed E-state index contributed by atoms with van der Waals surface area (Å²) in [5.41, 5.74) is 0.461. The van der Waals surface area contributed by atoms with Gasteiger partial charge in [0.05, 0.1) is 0 Å². The fourth-order valence-corrected chi connectivity index (χ4v) is 4.87. The van der Waals surface area contributed by atoms with Crippen LogP contribution in [0.3, 0.4) is 0 Å². The summed E-state index contributed by atoms with van der Waals surface area (Å²) in [5, 5.41) is 0. The van der Waals surface area contributed by atoms with Gasteiger partial charge in [0.15, 0.2) is 0 Å². The van der Waals surface area contributed by atoms with Crippen LogP contribution in [0, 0.1) is 23.2 Å². The van der Waals surface area contributed by atoms with E-state index in [9.17, 15) is 0 Å². The Kier molecular flexibility index (Phi) is 16.7. The zero-order chi connectivity index (χ0) is 21.4. The van der Waals surface area contributed by atoms with Gasteiger partial charge in [-0.2, -0.15) is 0 Å². The highest BCUT2D eigenvalue weighted by atomic mass is 15.1. The van der Waals surface area contributed by atoms with Crippen molar-refractivity contribution in [3.8, 4) is 0 Å². The fraction of sp³-hybridized carbons (Fsp3) is 1.00. The van der Waals surface area contributed by atoms with E-state index in [4.69, 9.17) is 0 Å². The molecule has 0 N–H and O–H groups in total. The molecule has 0 aromatic rings. The Bertz CT molecular complexity index is 330. The lowest BCUT2D eigenvalue weighted by Crippen LogP contribution is -2.35. The quantitative estimate of drug-likeness (QED) is 0.209. The Morgan fingerprint density at radius 3 is 1.82 bits per heavy atom. The van der Waals surface area contributed by atoms with Gasteiger partial charge >= 0.3 is 0 Å². The molecule has 1 heteroatoms. The van der Waals surface area contributed by atoms with Crippen LogP contribution in [0.15, 0.2) is 0 Å². The summed E-state index contributed by atoms with van der Waals surface area (Å²) in [5.74, 6) is 2.65. The molecule has 3 unspecified atom stereocenters. The Morgan fingerprint density at radius 2 is 1.29 bits per heavy atom. The fourth-order valence-electron chi connectivity index (χ4n) is 4.87. The van der Waals surface area contributed by atoms with E-state index in [2.05, 4.69) is 60.3 Å². The topological polar surface area (TPSA) is 3.24 Å². The molecule has 0 bridgehead atoms. The van der Waals surface area contributed by atoms with Gasteiger partial charge in [-0.1, -0.05) is 100 Å². The van der Waals surface area contributed by atoms with E-state index in [0.29, 0.717) is 5.41 Å². The molecule has 0 fully saturated rings. The van der Waals surface area contributed by atoms with Crippen molar-refractivity contribution < 1.29 is 0 Å². The van der Waals surface area contributed by atoms with Crippen LogP contribution >= 0.6 is 0 Å². The average Bonchev–Trinajstić information content (AvgIpc) is 2.61. The molecule has 0 heterocycles. The third kappa shape index (κ3) is 15.8. The summed E-state index contributed by atoms with van der Waals surface area (Å²) >= 11 is 0. The zero-order valence-electron chi connectivity index (χ0n) is 21.3. The van der Waals surface area contributed by atoms with Gasteiger partial charge in [0.1, 0.15) is 0 Å². The van der Waals surface area contributed by atoms with Crippen molar-refractivity contribution in [2.75, 3.05) is 19.6 Å². The Balaban J connectivity index is 4.86. The third-order valence-electron chi connectivity index (χ3n) is 6.39. The van der Waals surface area contributed by atoms with Gasteiger partial charge in [-0.05, 0) is 61.8 Å². The number of hydrogen-bond acceptors (Lipinski definition) is 1. The zero-order valence-corrected chi connectivity index (χ0v) is 21.3. The monoisotopic (exact) mass is 395 g/mol. The molecular weight excluding hydrogens is 338 g/mol. The van der Waals surface area contributed by atoms with Gasteiger partial charge in [-0.3, -0.25) is 0 Å². The third-order valence-corrected chi connectivity index (χ3v) is 6.39. The van der Waals surface area contributed by atoms with Gasteiger partial charge in [-0.15, -0.1) is 0 Å². The molecule has 0 aliphatic rings. The predicted octanol–water partition coefficient (Wildman–Crippen LogP) is 8.96. The predicted molar refractivity (Wildman–Crippen MR) is 130 cm³/mol. The van der Waals surface area contributed by atoms with Crippen LogP contribution in [0.1, 0.15) is 132 Å². The molecule has 3 atom stereocenters. The van der Waals surface area contributed by atoms with Crippen LogP contribution in [0.25, 0.3) is 0 Å². The van der Waals surface area contributed by atoms with E-state index in [0.717, 1.165) is 17.8 Å². The normalized spacial score (nSPS) is 15.8. The lowest BCUT2D eigenvalue weighted by atomic mass is 9.84. The smallest absolute Gasteiger partial charge is 0.000977 e. The first-order valence-corrected chi connectivity index (χ1v) is 13.0. The summed E-state index contributed by atoms with van der Waals surface area (Å²) in [4.78, 5) is 2.88. The van der Waals surface area contributed by atoms with E-state index < -0.39 is 0 Å². The van der Waals surface area contributed by atoms with Crippen LogP contribution in [-0.4, -0.2) is 24.5 Å². The lowest BCUT2D eigenvalue weighted by molar-refractivity contribution is 0.163. The van der Waals surface area contributed by atoms with Gasteiger partial charge in [-0.25, -0.2) is 0 Å². The van der Waals surface area contributed by atoms with Crippen LogP contribution in [0.5, 0.6) is 0 Å². The second-order valence-corrected chi connectivity index (χ2v) is 11.0. The van der Waals surface area contributed by atoms with Crippen molar-refractivity contribution in [3.63, 3.8) is 0 Å². The highest BCUT2D eigenvalue weighted by Gasteiger charge is 2.20. The first kappa shape index (κ1) is 28.0. The van der Waals surface area contributed by atoms with E-state index in [1.54, 1.807) is 0 Å². The van der Waals surface area contributed by atoms with Crippen LogP contribution in [0.4, 0.5) is 0 Å². The highest BCUT2D eigenvalue weighted by Crippen LogP contribution is 2.27. The molecule has 0 aliphatic carbocycles. The lowest BCUT2D eigenvalue weighted by Gasteiger charge is -2.32. The maximum absolute atomic E-state index is 2.88. The van der Waals surface area contributed by atoms with Gasteiger partial charge in [0, 0.05) is 13.1 Å². The van der Waals surface area contributed by atoms with E-state index in [1.165, 1.54) is 96.7 Å². The number of nitrogens with zero attached hydrogens (tertiary/aromatic N) is 1. The molecule has 0 rings (SSSR count).